The van der Waals surface area contributed by atoms with Gasteiger partial charge in [0.1, 0.15) is 5.69 Å². The Bertz CT molecular complexity index is 3640. The van der Waals surface area contributed by atoms with E-state index in [1.807, 2.05) is 6.07 Å². The van der Waals surface area contributed by atoms with Crippen LogP contribution in [0.1, 0.15) is 0 Å². The van der Waals surface area contributed by atoms with Crippen LogP contribution in [0.4, 0.5) is 0 Å². The van der Waals surface area contributed by atoms with E-state index in [0.717, 1.165) is 111 Å². The molecule has 0 unspecified atom stereocenters. The van der Waals surface area contributed by atoms with Crippen molar-refractivity contribution < 1.29 is 0 Å². The molecule has 0 saturated heterocycles. The second kappa shape index (κ2) is 17.2. The van der Waals surface area contributed by atoms with Gasteiger partial charge in [0.2, 0.25) is 0 Å². The van der Waals surface area contributed by atoms with Gasteiger partial charge >= 0.3 is 0 Å². The molecule has 3 heterocycles. The van der Waals surface area contributed by atoms with Gasteiger partial charge in [-0.2, -0.15) is 5.10 Å². The van der Waals surface area contributed by atoms with Gasteiger partial charge in [-0.1, -0.05) is 224 Å². The first-order valence-corrected chi connectivity index (χ1v) is 22.7. The molecule has 0 radical (unpaired) electrons. The molecule has 0 spiro atoms. The van der Waals surface area contributed by atoms with Gasteiger partial charge in [0.25, 0.3) is 0 Å². The van der Waals surface area contributed by atoms with Gasteiger partial charge < -0.3 is 0 Å². The molecule has 4 nitrogen and oxygen atoms in total. The maximum atomic E-state index is 5.59. The highest BCUT2D eigenvalue weighted by atomic mass is 15.2. The Kier molecular flexibility index (Phi) is 10.2. The molecule has 12 aromatic rings. The fraction of sp³-hybridized carbons (Fsp3) is 0. The maximum Gasteiger partial charge on any atom is 0.160 e. The van der Waals surface area contributed by atoms with Crippen LogP contribution in [-0.4, -0.2) is 19.6 Å². The Balaban J connectivity index is 1.11. The number of aromatic nitrogens is 4. The zero-order valence-electron chi connectivity index (χ0n) is 36.5. The summed E-state index contributed by atoms with van der Waals surface area (Å²) in [6, 6.07) is 89.8. The summed E-state index contributed by atoms with van der Waals surface area (Å²) in [5.41, 5.74) is 18.7. The molecule has 4 heteroatoms. The standard InChI is InChI=1S/C63H42N4/c1-7-22-43(23-8-1)51-39-52(44-24-9-2-10-25-44)41-53(40-51)57-42-56(45-26-11-3-12-27-45)64-63(65-57)50-35-21-34-49(38-50)58-54-36-19-20-37-55(54)62-59(46-28-13-4-14-29-46)60(47-30-15-5-16-31-47)66-67(62)61(58)48-32-17-6-18-33-48/h1-42H. The molecule has 0 aliphatic carbocycles. The minimum Gasteiger partial charge on any atom is -0.231 e. The van der Waals surface area contributed by atoms with Crippen LogP contribution in [0.5, 0.6) is 0 Å². The first-order valence-electron chi connectivity index (χ1n) is 22.7. The Morgan fingerprint density at radius 1 is 0.269 bits per heavy atom. The maximum absolute atomic E-state index is 5.59. The predicted molar refractivity (Wildman–Crippen MR) is 277 cm³/mol. The monoisotopic (exact) mass is 854 g/mol. The molecule has 0 aliphatic heterocycles. The van der Waals surface area contributed by atoms with E-state index in [1.54, 1.807) is 0 Å². The van der Waals surface area contributed by atoms with Crippen molar-refractivity contribution in [3.05, 3.63) is 255 Å². The van der Waals surface area contributed by atoms with Crippen LogP contribution >= 0.6 is 0 Å². The lowest BCUT2D eigenvalue weighted by Gasteiger charge is -2.18. The van der Waals surface area contributed by atoms with Crippen molar-refractivity contribution in [1.29, 1.82) is 0 Å². The highest BCUT2D eigenvalue weighted by molar-refractivity contribution is 6.15. The average Bonchev–Trinajstić information content (AvgIpc) is 3.83. The van der Waals surface area contributed by atoms with Crippen molar-refractivity contribution in [2.24, 2.45) is 0 Å². The molecule has 12 rings (SSSR count). The van der Waals surface area contributed by atoms with Crippen LogP contribution in [0.25, 0.3) is 117 Å². The van der Waals surface area contributed by atoms with Crippen molar-refractivity contribution in [2.75, 3.05) is 0 Å². The largest absolute Gasteiger partial charge is 0.231 e. The Morgan fingerprint density at radius 3 is 1.27 bits per heavy atom. The number of pyridine rings is 1. The van der Waals surface area contributed by atoms with Gasteiger partial charge in [0, 0.05) is 44.3 Å². The lowest BCUT2D eigenvalue weighted by Crippen LogP contribution is -2.01. The highest BCUT2D eigenvalue weighted by Crippen LogP contribution is 2.46. The smallest absolute Gasteiger partial charge is 0.160 e. The molecule has 67 heavy (non-hydrogen) atoms. The molecule has 0 bridgehead atoms. The van der Waals surface area contributed by atoms with Gasteiger partial charge in [-0.3, -0.25) is 0 Å². The summed E-state index contributed by atoms with van der Waals surface area (Å²) < 4.78 is 2.19. The summed E-state index contributed by atoms with van der Waals surface area (Å²) in [6.45, 7) is 0. The van der Waals surface area contributed by atoms with E-state index < -0.39 is 0 Å². The van der Waals surface area contributed by atoms with Crippen molar-refractivity contribution in [3.8, 4) is 101 Å². The predicted octanol–water partition coefficient (Wildman–Crippen LogP) is 16.3. The lowest BCUT2D eigenvalue weighted by atomic mass is 9.90. The van der Waals surface area contributed by atoms with Crippen LogP contribution in [0.3, 0.4) is 0 Å². The van der Waals surface area contributed by atoms with Crippen molar-refractivity contribution in [1.82, 2.24) is 19.6 Å². The highest BCUT2D eigenvalue weighted by Gasteiger charge is 2.25. The zero-order valence-corrected chi connectivity index (χ0v) is 36.5. The molecule has 9 aromatic carbocycles. The van der Waals surface area contributed by atoms with Crippen molar-refractivity contribution in [3.63, 3.8) is 0 Å². The van der Waals surface area contributed by atoms with Gasteiger partial charge in [0.15, 0.2) is 5.82 Å². The topological polar surface area (TPSA) is 43.1 Å². The van der Waals surface area contributed by atoms with Gasteiger partial charge in [-0.15, -0.1) is 0 Å². The number of benzene rings is 9. The normalized spacial score (nSPS) is 11.3. The van der Waals surface area contributed by atoms with Gasteiger partial charge in [-0.25, -0.2) is 14.5 Å². The second-order valence-electron chi connectivity index (χ2n) is 16.8. The molecule has 0 saturated carbocycles. The summed E-state index contributed by atoms with van der Waals surface area (Å²) in [6.07, 6.45) is 0. The summed E-state index contributed by atoms with van der Waals surface area (Å²) in [5, 5.41) is 7.84. The molecule has 0 N–H and O–H groups in total. The third kappa shape index (κ3) is 7.47. The van der Waals surface area contributed by atoms with E-state index in [0.29, 0.717) is 5.82 Å². The van der Waals surface area contributed by atoms with E-state index in [1.165, 1.54) is 0 Å². The Morgan fingerprint density at radius 2 is 0.687 bits per heavy atom. The quantitative estimate of drug-likeness (QED) is 0.145. The van der Waals surface area contributed by atoms with Crippen LogP contribution < -0.4 is 0 Å². The van der Waals surface area contributed by atoms with E-state index in [4.69, 9.17) is 15.1 Å². The van der Waals surface area contributed by atoms with E-state index in [-0.39, 0.29) is 0 Å². The SMILES string of the molecule is c1ccc(-c2cc(-c3ccccc3)cc(-c3cc(-c4ccccc4)nc(-c4cccc(-c5c(-c6ccccc6)n6nc(-c7ccccc7)c(-c7ccccc7)c6c6ccccc56)c4)n3)c2)cc1. The van der Waals surface area contributed by atoms with Crippen LogP contribution in [-0.2, 0) is 0 Å². The number of nitrogens with zero attached hydrogens (tertiary/aromatic N) is 4. The van der Waals surface area contributed by atoms with E-state index in [2.05, 4.69) is 253 Å². The fourth-order valence-corrected chi connectivity index (χ4v) is 9.47. The summed E-state index contributed by atoms with van der Waals surface area (Å²) in [7, 11) is 0. The molecule has 0 aliphatic rings. The Hall–Kier alpha value is -8.99. The van der Waals surface area contributed by atoms with Gasteiger partial charge in [-0.05, 0) is 69.1 Å². The van der Waals surface area contributed by atoms with E-state index >= 15 is 0 Å². The summed E-state index contributed by atoms with van der Waals surface area (Å²) in [5.74, 6) is 0.646. The van der Waals surface area contributed by atoms with Crippen LogP contribution in [0, 0.1) is 0 Å². The second-order valence-corrected chi connectivity index (χ2v) is 16.8. The molecular weight excluding hydrogens is 813 g/mol. The molecule has 0 fully saturated rings. The first kappa shape index (κ1) is 39.6. The molecular formula is C63H42N4. The molecule has 0 amide bonds. The number of fused-ring (bicyclic) bond motifs is 3. The minimum atomic E-state index is 0.646. The first-order chi connectivity index (χ1) is 33.2. The third-order valence-electron chi connectivity index (χ3n) is 12.6. The van der Waals surface area contributed by atoms with E-state index in [9.17, 15) is 0 Å². The molecule has 314 valence electrons. The number of rotatable bonds is 9. The molecule has 3 aromatic heterocycles. The fourth-order valence-electron chi connectivity index (χ4n) is 9.47. The average molecular weight is 855 g/mol. The number of hydrogen-bond donors (Lipinski definition) is 0. The summed E-state index contributed by atoms with van der Waals surface area (Å²) >= 11 is 0. The Labute approximate surface area is 389 Å². The third-order valence-corrected chi connectivity index (χ3v) is 12.6. The van der Waals surface area contributed by atoms with Crippen LogP contribution in [0.15, 0.2) is 255 Å². The minimum absolute atomic E-state index is 0.646. The van der Waals surface area contributed by atoms with Gasteiger partial charge in [0.05, 0.1) is 22.6 Å². The van der Waals surface area contributed by atoms with Crippen LogP contribution in [0.2, 0.25) is 0 Å². The zero-order chi connectivity index (χ0) is 44.5. The summed E-state index contributed by atoms with van der Waals surface area (Å²) in [4.78, 5) is 10.8. The van der Waals surface area contributed by atoms with Crippen molar-refractivity contribution >= 4 is 16.3 Å². The molecule has 0 atom stereocenters. The number of hydrogen-bond acceptors (Lipinski definition) is 3. The van der Waals surface area contributed by atoms with Crippen molar-refractivity contribution in [2.45, 2.75) is 0 Å². The lowest BCUT2D eigenvalue weighted by molar-refractivity contribution is 0.981.